The highest BCUT2D eigenvalue weighted by atomic mass is 31.2. The lowest BCUT2D eigenvalue weighted by Crippen LogP contribution is -2.46. The Labute approximate surface area is 337 Å². The van der Waals surface area contributed by atoms with Crippen molar-refractivity contribution in [2.45, 2.75) is 148 Å². The van der Waals surface area contributed by atoms with E-state index < -0.39 is 20.0 Å². The number of amides is 1. The number of rotatable bonds is 36. The van der Waals surface area contributed by atoms with Crippen molar-refractivity contribution < 1.29 is 32.9 Å². The smallest absolute Gasteiger partial charge is 0.391 e. The summed E-state index contributed by atoms with van der Waals surface area (Å²) in [5, 5.41) is 13.6. The standard InChI is InChI=1S/C46H79N2O6P/c1-6-8-10-12-13-14-15-16-17-18-19-20-21-22-23-24-25-26-27-28-29-30-31-32-33-34-35-36-38-40-46(50)47-44(45(49)39-37-11-9-7-2)43-54-55(51,52)53-42-41-48(3,4)5/h8,10,13-14,16-17,19-20,22-23,25-26,28-29,31-32,44-45,49H,6-7,9,11-12,15,18,21,24,27,30,33-43H2,1-5H3,(H-,47,50,51,52)/p+1/b10-8-,14-13-,17-16-,20-19-,23-22-,26-25-,29-28-,32-31-. The van der Waals surface area contributed by atoms with Crippen molar-refractivity contribution in [1.29, 1.82) is 0 Å². The Kier molecular flexibility index (Phi) is 35.3. The zero-order valence-corrected chi connectivity index (χ0v) is 36.3. The van der Waals surface area contributed by atoms with E-state index in [9.17, 15) is 19.4 Å². The van der Waals surface area contributed by atoms with Gasteiger partial charge in [-0.05, 0) is 77.0 Å². The highest BCUT2D eigenvalue weighted by Crippen LogP contribution is 2.43. The van der Waals surface area contributed by atoms with Gasteiger partial charge in [-0.2, -0.15) is 0 Å². The van der Waals surface area contributed by atoms with Crippen LogP contribution in [0.3, 0.4) is 0 Å². The van der Waals surface area contributed by atoms with Crippen LogP contribution in [0.5, 0.6) is 0 Å². The number of aliphatic hydroxyl groups is 1. The van der Waals surface area contributed by atoms with Gasteiger partial charge >= 0.3 is 7.82 Å². The normalized spacial score (nSPS) is 15.4. The van der Waals surface area contributed by atoms with Gasteiger partial charge in [0, 0.05) is 6.42 Å². The minimum absolute atomic E-state index is 0.0619. The van der Waals surface area contributed by atoms with Gasteiger partial charge in [0.05, 0.1) is 39.9 Å². The van der Waals surface area contributed by atoms with Crippen molar-refractivity contribution in [2.24, 2.45) is 0 Å². The summed E-state index contributed by atoms with van der Waals surface area (Å²) in [5.74, 6) is -0.185. The van der Waals surface area contributed by atoms with E-state index in [0.717, 1.165) is 109 Å². The molecular formula is C46H80N2O6P+. The van der Waals surface area contributed by atoms with Crippen LogP contribution in [-0.4, -0.2) is 73.4 Å². The number of likely N-dealkylation sites (N-methyl/N-ethyl adjacent to an activating group) is 1. The fraction of sp³-hybridized carbons (Fsp3) is 0.630. The molecule has 0 saturated carbocycles. The Morgan fingerprint density at radius 3 is 1.56 bits per heavy atom. The van der Waals surface area contributed by atoms with Crippen LogP contribution in [0.25, 0.3) is 0 Å². The van der Waals surface area contributed by atoms with Crippen LogP contribution in [0.15, 0.2) is 97.2 Å². The van der Waals surface area contributed by atoms with E-state index in [4.69, 9.17) is 9.05 Å². The monoisotopic (exact) mass is 788 g/mol. The third-order valence-electron chi connectivity index (χ3n) is 8.60. The largest absolute Gasteiger partial charge is 0.472 e. The summed E-state index contributed by atoms with van der Waals surface area (Å²) in [4.78, 5) is 22.9. The molecule has 55 heavy (non-hydrogen) atoms. The summed E-state index contributed by atoms with van der Waals surface area (Å²) in [6.45, 7) is 4.59. The van der Waals surface area contributed by atoms with E-state index >= 15 is 0 Å². The van der Waals surface area contributed by atoms with E-state index in [1.54, 1.807) is 0 Å². The molecular weight excluding hydrogens is 707 g/mol. The predicted molar refractivity (Wildman–Crippen MR) is 235 cm³/mol. The van der Waals surface area contributed by atoms with Gasteiger partial charge in [-0.3, -0.25) is 13.8 Å². The molecule has 0 aliphatic heterocycles. The molecule has 0 spiro atoms. The van der Waals surface area contributed by atoms with Gasteiger partial charge in [-0.1, -0.05) is 150 Å². The number of nitrogens with one attached hydrogen (secondary N) is 1. The molecule has 0 rings (SSSR count). The van der Waals surface area contributed by atoms with Crippen molar-refractivity contribution in [3.8, 4) is 0 Å². The van der Waals surface area contributed by atoms with Crippen molar-refractivity contribution in [1.82, 2.24) is 5.32 Å². The number of allylic oxidation sites excluding steroid dienone is 16. The molecule has 1 amide bonds. The average molecular weight is 788 g/mol. The van der Waals surface area contributed by atoms with Crippen LogP contribution in [0.4, 0.5) is 0 Å². The average Bonchev–Trinajstić information content (AvgIpc) is 3.13. The molecule has 0 radical (unpaired) electrons. The maximum Gasteiger partial charge on any atom is 0.472 e. The minimum Gasteiger partial charge on any atom is -0.391 e. The first-order valence-electron chi connectivity index (χ1n) is 21.1. The quantitative estimate of drug-likeness (QED) is 0.0253. The summed E-state index contributed by atoms with van der Waals surface area (Å²) in [6.07, 6.45) is 52.1. The van der Waals surface area contributed by atoms with E-state index in [2.05, 4.69) is 116 Å². The van der Waals surface area contributed by atoms with E-state index in [1.807, 2.05) is 21.1 Å². The number of unbranched alkanes of at least 4 members (excludes halogenated alkanes) is 7. The van der Waals surface area contributed by atoms with Crippen LogP contribution >= 0.6 is 7.82 Å². The van der Waals surface area contributed by atoms with E-state index in [1.165, 1.54) is 0 Å². The molecule has 3 unspecified atom stereocenters. The van der Waals surface area contributed by atoms with Crippen LogP contribution < -0.4 is 5.32 Å². The summed E-state index contributed by atoms with van der Waals surface area (Å²) in [5.41, 5.74) is 0. The van der Waals surface area contributed by atoms with Crippen LogP contribution in [0, 0.1) is 0 Å². The van der Waals surface area contributed by atoms with Crippen LogP contribution in [0.1, 0.15) is 136 Å². The third-order valence-corrected chi connectivity index (χ3v) is 9.58. The van der Waals surface area contributed by atoms with Gasteiger partial charge in [0.15, 0.2) is 0 Å². The SMILES string of the molecule is CC/C=C\C/C=C\C/C=C\C/C=C\C/C=C\C/C=C\C/C=C\C/C=C\CCCCCCC(=O)NC(COP(=O)(O)OCC[N+](C)(C)C)C(O)CCCCCC. The molecule has 0 saturated heterocycles. The lowest BCUT2D eigenvalue weighted by Gasteiger charge is -2.26. The van der Waals surface area contributed by atoms with E-state index in [-0.39, 0.29) is 19.1 Å². The molecule has 3 atom stereocenters. The third kappa shape index (κ3) is 39.5. The summed E-state index contributed by atoms with van der Waals surface area (Å²) >= 11 is 0. The number of carbonyl (C=O) groups excluding carboxylic acids is 1. The second-order valence-corrected chi connectivity index (χ2v) is 16.4. The Hall–Kier alpha value is -2.58. The number of phosphoric acid groups is 1. The lowest BCUT2D eigenvalue weighted by atomic mass is 10.0. The summed E-state index contributed by atoms with van der Waals surface area (Å²) in [7, 11) is 1.57. The highest BCUT2D eigenvalue weighted by Gasteiger charge is 2.28. The fourth-order valence-electron chi connectivity index (χ4n) is 5.23. The highest BCUT2D eigenvalue weighted by molar-refractivity contribution is 7.47. The molecule has 0 aliphatic rings. The molecule has 0 aromatic carbocycles. The number of quaternary nitrogens is 1. The maximum atomic E-state index is 12.7. The number of carbonyl (C=O) groups is 1. The Morgan fingerprint density at radius 1 is 0.636 bits per heavy atom. The number of hydrogen-bond acceptors (Lipinski definition) is 5. The van der Waals surface area contributed by atoms with Crippen molar-refractivity contribution in [2.75, 3.05) is 40.9 Å². The lowest BCUT2D eigenvalue weighted by molar-refractivity contribution is -0.870. The van der Waals surface area contributed by atoms with Crippen LogP contribution in [0.2, 0.25) is 0 Å². The Morgan fingerprint density at radius 2 is 1.09 bits per heavy atom. The first-order valence-corrected chi connectivity index (χ1v) is 22.6. The second-order valence-electron chi connectivity index (χ2n) is 15.0. The molecule has 314 valence electrons. The molecule has 0 aromatic rings. The van der Waals surface area contributed by atoms with Gasteiger partial charge in [0.2, 0.25) is 5.91 Å². The number of aliphatic hydroxyl groups excluding tert-OH is 1. The molecule has 0 heterocycles. The summed E-state index contributed by atoms with van der Waals surface area (Å²) < 4.78 is 23.3. The molecule has 8 nitrogen and oxygen atoms in total. The molecule has 0 aliphatic carbocycles. The molecule has 9 heteroatoms. The predicted octanol–water partition coefficient (Wildman–Crippen LogP) is 11.6. The van der Waals surface area contributed by atoms with Crippen molar-refractivity contribution in [3.63, 3.8) is 0 Å². The first kappa shape index (κ1) is 52.4. The van der Waals surface area contributed by atoms with E-state index in [0.29, 0.717) is 23.9 Å². The number of nitrogens with zero attached hydrogens (tertiary/aromatic N) is 1. The number of phosphoric ester groups is 1. The minimum atomic E-state index is -4.31. The Balaban J connectivity index is 4.12. The molecule has 3 N–H and O–H groups in total. The zero-order valence-electron chi connectivity index (χ0n) is 35.4. The van der Waals surface area contributed by atoms with Gasteiger partial charge < -0.3 is 19.8 Å². The van der Waals surface area contributed by atoms with Gasteiger partial charge in [-0.15, -0.1) is 0 Å². The van der Waals surface area contributed by atoms with Crippen molar-refractivity contribution >= 4 is 13.7 Å². The number of hydrogen-bond donors (Lipinski definition) is 3. The second kappa shape index (κ2) is 37.0. The zero-order chi connectivity index (χ0) is 40.7. The molecule has 0 bridgehead atoms. The van der Waals surface area contributed by atoms with Gasteiger partial charge in [-0.25, -0.2) is 4.57 Å². The molecule has 0 fully saturated rings. The maximum absolute atomic E-state index is 12.7. The topological polar surface area (TPSA) is 105 Å². The molecule has 0 aromatic heterocycles. The van der Waals surface area contributed by atoms with Gasteiger partial charge in [0.25, 0.3) is 0 Å². The fourth-order valence-corrected chi connectivity index (χ4v) is 5.97. The summed E-state index contributed by atoms with van der Waals surface area (Å²) in [6, 6.07) is -0.776. The van der Waals surface area contributed by atoms with Crippen molar-refractivity contribution in [3.05, 3.63) is 97.2 Å². The first-order chi connectivity index (χ1) is 26.5. The Bertz CT molecular complexity index is 1210. The van der Waals surface area contributed by atoms with Crippen LogP contribution in [-0.2, 0) is 18.4 Å². The van der Waals surface area contributed by atoms with Gasteiger partial charge in [0.1, 0.15) is 13.2 Å².